The van der Waals surface area contributed by atoms with E-state index in [2.05, 4.69) is 11.9 Å². The van der Waals surface area contributed by atoms with Crippen LogP contribution in [0.4, 0.5) is 21.9 Å². The highest BCUT2D eigenvalue weighted by atomic mass is 32.1. The van der Waals surface area contributed by atoms with Gasteiger partial charge in [0.25, 0.3) is 5.69 Å². The maximum Gasteiger partial charge on any atom is 0.414 e. The Labute approximate surface area is 148 Å². The summed E-state index contributed by atoms with van der Waals surface area (Å²) < 4.78 is 4.98. The molecule has 2 aromatic rings. The largest absolute Gasteiger partial charge is 0.447 e. The molecular weight excluding hydrogens is 344 g/mol. The lowest BCUT2D eigenvalue weighted by Crippen LogP contribution is -2.27. The minimum atomic E-state index is -0.485. The Morgan fingerprint density at radius 3 is 2.88 bits per heavy atom. The van der Waals surface area contributed by atoms with Crippen LogP contribution in [-0.4, -0.2) is 36.2 Å². The van der Waals surface area contributed by atoms with Crippen molar-refractivity contribution in [1.82, 2.24) is 4.98 Å². The Morgan fingerprint density at radius 1 is 1.48 bits per heavy atom. The number of nitro groups is 1. The number of aromatic nitrogens is 1. The number of hydrogen-bond acceptors (Lipinski definition) is 7. The van der Waals surface area contributed by atoms with Crippen LogP contribution < -0.4 is 9.80 Å². The molecule has 25 heavy (non-hydrogen) atoms. The number of nitrogens with zero attached hydrogens (tertiary/aromatic N) is 4. The number of non-ortho nitro benzene ring substituents is 1. The van der Waals surface area contributed by atoms with Gasteiger partial charge in [0.15, 0.2) is 0 Å². The first-order valence-electron chi connectivity index (χ1n) is 7.87. The summed E-state index contributed by atoms with van der Waals surface area (Å²) in [6.45, 7) is 3.31. The number of amides is 1. The summed E-state index contributed by atoms with van der Waals surface area (Å²) in [7, 11) is 1.89. The van der Waals surface area contributed by atoms with Gasteiger partial charge in [0.1, 0.15) is 6.61 Å². The van der Waals surface area contributed by atoms with Crippen molar-refractivity contribution >= 4 is 34.5 Å². The first-order chi connectivity index (χ1) is 12.0. The van der Waals surface area contributed by atoms with Gasteiger partial charge in [0, 0.05) is 30.3 Å². The first kappa shape index (κ1) is 17.2. The summed E-state index contributed by atoms with van der Waals surface area (Å²) >= 11 is 1.64. The summed E-state index contributed by atoms with van der Waals surface area (Å²) in [6.07, 6.45) is 2.24. The van der Waals surface area contributed by atoms with Crippen molar-refractivity contribution in [3.8, 4) is 0 Å². The summed E-state index contributed by atoms with van der Waals surface area (Å²) in [5.74, 6) is 0. The number of nitro benzene ring substituents is 1. The molecule has 0 bridgehead atoms. The Bertz CT molecular complexity index is 807. The molecule has 1 fully saturated rings. The molecule has 132 valence electrons. The molecule has 1 aromatic heterocycles. The Kier molecular flexibility index (Phi) is 4.84. The van der Waals surface area contributed by atoms with Gasteiger partial charge in [-0.3, -0.25) is 15.0 Å². The van der Waals surface area contributed by atoms with Gasteiger partial charge < -0.3 is 9.64 Å². The zero-order valence-corrected chi connectivity index (χ0v) is 14.8. The van der Waals surface area contributed by atoms with Crippen LogP contribution in [0, 0.1) is 10.1 Å². The third kappa shape index (κ3) is 3.55. The smallest absolute Gasteiger partial charge is 0.414 e. The third-order valence-corrected chi connectivity index (χ3v) is 5.06. The number of rotatable bonds is 6. The van der Waals surface area contributed by atoms with E-state index in [-0.39, 0.29) is 12.3 Å². The maximum absolute atomic E-state index is 11.9. The Hall–Kier alpha value is -2.68. The SMILES string of the molecule is CCc1ncc(CN(C)c2ccc([N+](=O)[O-])cc2N2CCOC2=O)s1. The van der Waals surface area contributed by atoms with Crippen molar-refractivity contribution in [1.29, 1.82) is 0 Å². The second-order valence-electron chi connectivity index (χ2n) is 5.63. The number of cyclic esters (lactones) is 1. The molecule has 1 aliphatic heterocycles. The predicted octanol–water partition coefficient (Wildman–Crippen LogP) is 3.21. The lowest BCUT2D eigenvalue weighted by molar-refractivity contribution is -0.384. The van der Waals surface area contributed by atoms with Gasteiger partial charge in [-0.15, -0.1) is 11.3 Å². The van der Waals surface area contributed by atoms with Crippen molar-refractivity contribution in [2.75, 3.05) is 30.0 Å². The van der Waals surface area contributed by atoms with Crippen molar-refractivity contribution in [2.24, 2.45) is 0 Å². The van der Waals surface area contributed by atoms with Gasteiger partial charge in [-0.25, -0.2) is 9.78 Å². The number of hydrogen-bond donors (Lipinski definition) is 0. The fourth-order valence-electron chi connectivity index (χ4n) is 2.68. The number of carbonyl (C=O) groups is 1. The number of ether oxygens (including phenoxy) is 1. The van der Waals surface area contributed by atoms with Crippen LogP contribution in [0.1, 0.15) is 16.8 Å². The number of benzene rings is 1. The van der Waals surface area contributed by atoms with E-state index in [0.29, 0.717) is 18.8 Å². The van der Waals surface area contributed by atoms with E-state index in [0.717, 1.165) is 22.0 Å². The summed E-state index contributed by atoms with van der Waals surface area (Å²) in [4.78, 5) is 31.4. The quantitative estimate of drug-likeness (QED) is 0.579. The lowest BCUT2D eigenvalue weighted by Gasteiger charge is -2.24. The molecular formula is C16H18N4O4S. The Balaban J connectivity index is 1.93. The van der Waals surface area contributed by atoms with Gasteiger partial charge in [-0.2, -0.15) is 0 Å². The molecule has 0 atom stereocenters. The third-order valence-electron chi connectivity index (χ3n) is 3.93. The van der Waals surface area contributed by atoms with Crippen LogP contribution in [0.15, 0.2) is 24.4 Å². The fraction of sp³-hybridized carbons (Fsp3) is 0.375. The van der Waals surface area contributed by atoms with Crippen LogP contribution in [0.25, 0.3) is 0 Å². The van der Waals surface area contributed by atoms with Gasteiger partial charge >= 0.3 is 6.09 Å². The van der Waals surface area contributed by atoms with Crippen LogP contribution in [0.2, 0.25) is 0 Å². The minimum Gasteiger partial charge on any atom is -0.447 e. The summed E-state index contributed by atoms with van der Waals surface area (Å²) in [6, 6.07) is 4.53. The van der Waals surface area contributed by atoms with E-state index < -0.39 is 11.0 Å². The highest BCUT2D eigenvalue weighted by Gasteiger charge is 2.28. The lowest BCUT2D eigenvalue weighted by atomic mass is 10.2. The van der Waals surface area contributed by atoms with E-state index in [9.17, 15) is 14.9 Å². The fourth-order valence-corrected chi connectivity index (χ4v) is 3.60. The van der Waals surface area contributed by atoms with E-state index >= 15 is 0 Å². The van der Waals surface area contributed by atoms with Gasteiger partial charge in [-0.1, -0.05) is 6.92 Å². The molecule has 1 aromatic carbocycles. The van der Waals surface area contributed by atoms with E-state index in [4.69, 9.17) is 4.74 Å². The standard InChI is InChI=1S/C16H18N4O4S/c1-3-15-17-9-12(25-15)10-18(2)13-5-4-11(20(22)23)8-14(13)19-6-7-24-16(19)21/h4-5,8-9H,3,6-7,10H2,1-2H3. The molecule has 0 aliphatic carbocycles. The number of anilines is 2. The molecule has 0 spiro atoms. The van der Waals surface area contributed by atoms with Crippen LogP contribution in [-0.2, 0) is 17.7 Å². The zero-order chi connectivity index (χ0) is 18.0. The van der Waals surface area contributed by atoms with Crippen molar-refractivity contribution in [2.45, 2.75) is 19.9 Å². The molecule has 1 aliphatic rings. The van der Waals surface area contributed by atoms with Gasteiger partial charge in [-0.05, 0) is 12.5 Å². The average molecular weight is 362 g/mol. The van der Waals surface area contributed by atoms with Gasteiger partial charge in [0.2, 0.25) is 0 Å². The summed E-state index contributed by atoms with van der Waals surface area (Å²) in [5, 5.41) is 12.2. The molecule has 1 amide bonds. The normalized spacial score (nSPS) is 13.8. The minimum absolute atomic E-state index is 0.0575. The molecule has 0 saturated carbocycles. The van der Waals surface area contributed by atoms with Crippen LogP contribution in [0.5, 0.6) is 0 Å². The first-order valence-corrected chi connectivity index (χ1v) is 8.68. The molecule has 3 rings (SSSR count). The van der Waals surface area contributed by atoms with Crippen molar-refractivity contribution in [3.05, 3.63) is 44.4 Å². The monoisotopic (exact) mass is 362 g/mol. The van der Waals surface area contributed by atoms with Crippen molar-refractivity contribution in [3.63, 3.8) is 0 Å². The molecule has 0 unspecified atom stereocenters. The molecule has 8 nitrogen and oxygen atoms in total. The number of aryl methyl sites for hydroxylation is 1. The maximum atomic E-state index is 11.9. The second kappa shape index (κ2) is 7.06. The van der Waals surface area contributed by atoms with E-state index in [1.165, 1.54) is 17.0 Å². The zero-order valence-electron chi connectivity index (χ0n) is 14.0. The van der Waals surface area contributed by atoms with Crippen LogP contribution >= 0.6 is 11.3 Å². The topological polar surface area (TPSA) is 88.8 Å². The second-order valence-corrected chi connectivity index (χ2v) is 6.83. The highest BCUT2D eigenvalue weighted by Crippen LogP contribution is 2.35. The Morgan fingerprint density at radius 2 is 2.28 bits per heavy atom. The molecule has 0 radical (unpaired) electrons. The molecule has 2 heterocycles. The average Bonchev–Trinajstić information content (AvgIpc) is 3.22. The van der Waals surface area contributed by atoms with Crippen LogP contribution in [0.3, 0.4) is 0 Å². The highest BCUT2D eigenvalue weighted by molar-refractivity contribution is 7.11. The van der Waals surface area contributed by atoms with E-state index in [1.807, 2.05) is 18.1 Å². The molecule has 9 heteroatoms. The number of carbonyl (C=O) groups excluding carboxylic acids is 1. The van der Waals surface area contributed by atoms with E-state index in [1.54, 1.807) is 17.4 Å². The van der Waals surface area contributed by atoms with Crippen molar-refractivity contribution < 1.29 is 14.5 Å². The summed E-state index contributed by atoms with van der Waals surface area (Å²) in [5.41, 5.74) is 1.16. The molecule has 1 saturated heterocycles. The molecule has 0 N–H and O–H groups in total. The van der Waals surface area contributed by atoms with Gasteiger partial charge in [0.05, 0.1) is 34.4 Å². The predicted molar refractivity (Wildman–Crippen MR) is 95.4 cm³/mol. The number of thiazole rings is 1.